The van der Waals surface area contributed by atoms with Crippen LogP contribution in [-0.2, 0) is 0 Å². The molecule has 0 spiro atoms. The molecule has 0 saturated carbocycles. The van der Waals surface area contributed by atoms with Crippen LogP contribution in [0.5, 0.6) is 0 Å². The number of carbonyl (C=O) groups is 1. The van der Waals surface area contributed by atoms with E-state index in [0.717, 1.165) is 11.7 Å². The third kappa shape index (κ3) is 0.956. The van der Waals surface area contributed by atoms with Crippen molar-refractivity contribution in [1.82, 2.24) is 5.16 Å². The zero-order valence-electron chi connectivity index (χ0n) is 5.95. The highest BCUT2D eigenvalue weighted by Crippen LogP contribution is 2.24. The van der Waals surface area contributed by atoms with Crippen LogP contribution in [0.15, 0.2) is 27.3 Å². The van der Waals surface area contributed by atoms with Crippen molar-refractivity contribution < 1.29 is 9.32 Å². The molecule has 1 aromatic carbocycles. The number of hydrogen-bond acceptors (Lipinski definition) is 3. The second-order valence-corrected chi connectivity index (χ2v) is 3.07. The first kappa shape index (κ1) is 7.49. The standard InChI is InChI=1S/C8H4BrNO2/c9-8-6-3-1-2-5(4-11)7(6)12-10-8/h1-4H. The van der Waals surface area contributed by atoms with Crippen molar-refractivity contribution in [2.45, 2.75) is 0 Å². The molecule has 2 aromatic rings. The lowest BCUT2D eigenvalue weighted by atomic mass is 10.2. The largest absolute Gasteiger partial charge is 0.354 e. The molecule has 0 N–H and O–H groups in total. The van der Waals surface area contributed by atoms with Crippen LogP contribution in [0.4, 0.5) is 0 Å². The van der Waals surface area contributed by atoms with Gasteiger partial charge in [0, 0.05) is 0 Å². The van der Waals surface area contributed by atoms with Gasteiger partial charge in [-0.25, -0.2) is 0 Å². The summed E-state index contributed by atoms with van der Waals surface area (Å²) < 4.78 is 5.57. The molecule has 4 heteroatoms. The Morgan fingerprint density at radius 1 is 1.50 bits per heavy atom. The van der Waals surface area contributed by atoms with E-state index in [1.165, 1.54) is 0 Å². The van der Waals surface area contributed by atoms with E-state index in [1.54, 1.807) is 12.1 Å². The maximum absolute atomic E-state index is 10.5. The lowest BCUT2D eigenvalue weighted by molar-refractivity contribution is 0.112. The van der Waals surface area contributed by atoms with E-state index in [-0.39, 0.29) is 0 Å². The Morgan fingerprint density at radius 3 is 3.08 bits per heavy atom. The zero-order valence-corrected chi connectivity index (χ0v) is 7.54. The number of aromatic nitrogens is 1. The second-order valence-electron chi connectivity index (χ2n) is 2.32. The molecule has 1 heterocycles. The summed E-state index contributed by atoms with van der Waals surface area (Å²) in [5, 5.41) is 4.51. The predicted molar refractivity (Wildman–Crippen MR) is 47.1 cm³/mol. The quantitative estimate of drug-likeness (QED) is 0.701. The Labute approximate surface area is 76.5 Å². The van der Waals surface area contributed by atoms with Crippen LogP contribution in [0.1, 0.15) is 10.4 Å². The minimum Gasteiger partial charge on any atom is -0.354 e. The number of para-hydroxylation sites is 1. The van der Waals surface area contributed by atoms with E-state index in [2.05, 4.69) is 21.1 Å². The number of rotatable bonds is 1. The van der Waals surface area contributed by atoms with Crippen molar-refractivity contribution >= 4 is 33.2 Å². The van der Waals surface area contributed by atoms with Crippen molar-refractivity contribution in [3.05, 3.63) is 28.4 Å². The fourth-order valence-corrected chi connectivity index (χ4v) is 1.43. The average Bonchev–Trinajstić information content (AvgIpc) is 2.48. The molecule has 0 saturated heterocycles. The monoisotopic (exact) mass is 225 g/mol. The van der Waals surface area contributed by atoms with Gasteiger partial charge in [0.1, 0.15) is 0 Å². The van der Waals surface area contributed by atoms with Crippen molar-refractivity contribution in [3.63, 3.8) is 0 Å². The molecular formula is C8H4BrNO2. The molecular weight excluding hydrogens is 222 g/mol. The third-order valence-electron chi connectivity index (χ3n) is 1.61. The van der Waals surface area contributed by atoms with E-state index in [4.69, 9.17) is 4.52 Å². The molecule has 3 nitrogen and oxygen atoms in total. The van der Waals surface area contributed by atoms with Gasteiger partial charge >= 0.3 is 0 Å². The molecule has 0 unspecified atom stereocenters. The van der Waals surface area contributed by atoms with Crippen molar-refractivity contribution in [3.8, 4) is 0 Å². The van der Waals surface area contributed by atoms with Gasteiger partial charge in [-0.15, -0.1) is 0 Å². The van der Waals surface area contributed by atoms with Gasteiger partial charge in [-0.2, -0.15) is 0 Å². The van der Waals surface area contributed by atoms with Crippen LogP contribution in [0, 0.1) is 0 Å². The SMILES string of the molecule is O=Cc1cccc2c(Br)noc12. The lowest BCUT2D eigenvalue weighted by Gasteiger charge is -1.88. The number of fused-ring (bicyclic) bond motifs is 1. The molecule has 0 atom stereocenters. The molecule has 0 amide bonds. The molecule has 60 valence electrons. The van der Waals surface area contributed by atoms with Gasteiger partial charge in [0.15, 0.2) is 16.5 Å². The Bertz CT molecular complexity index is 436. The number of benzene rings is 1. The molecule has 0 aliphatic heterocycles. The number of carbonyl (C=O) groups excluding carboxylic acids is 1. The molecule has 2 rings (SSSR count). The first-order valence-corrected chi connectivity index (χ1v) is 4.11. The summed E-state index contributed by atoms with van der Waals surface area (Å²) in [6, 6.07) is 5.31. The van der Waals surface area contributed by atoms with Gasteiger partial charge in [-0.1, -0.05) is 11.2 Å². The Morgan fingerprint density at radius 2 is 2.33 bits per heavy atom. The first-order valence-electron chi connectivity index (χ1n) is 3.32. The summed E-state index contributed by atoms with van der Waals surface area (Å²) in [5.74, 6) is 0. The topological polar surface area (TPSA) is 43.1 Å². The highest BCUT2D eigenvalue weighted by atomic mass is 79.9. The molecule has 0 radical (unpaired) electrons. The van der Waals surface area contributed by atoms with E-state index in [9.17, 15) is 4.79 Å². The molecule has 0 bridgehead atoms. The van der Waals surface area contributed by atoms with Gasteiger partial charge in [-0.3, -0.25) is 4.79 Å². The van der Waals surface area contributed by atoms with Gasteiger partial charge in [-0.05, 0) is 28.1 Å². The average molecular weight is 226 g/mol. The summed E-state index contributed by atoms with van der Waals surface area (Å²) in [6.07, 6.45) is 0.750. The van der Waals surface area contributed by atoms with E-state index >= 15 is 0 Å². The van der Waals surface area contributed by atoms with E-state index in [0.29, 0.717) is 15.7 Å². The Balaban J connectivity index is 2.89. The summed E-state index contributed by atoms with van der Waals surface area (Å²) >= 11 is 3.21. The van der Waals surface area contributed by atoms with Crippen LogP contribution in [0.3, 0.4) is 0 Å². The van der Waals surface area contributed by atoms with E-state index in [1.807, 2.05) is 6.07 Å². The highest BCUT2D eigenvalue weighted by Gasteiger charge is 2.07. The first-order chi connectivity index (χ1) is 5.83. The molecule has 0 aliphatic carbocycles. The lowest BCUT2D eigenvalue weighted by Crippen LogP contribution is -1.78. The fourth-order valence-electron chi connectivity index (χ4n) is 1.05. The smallest absolute Gasteiger partial charge is 0.178 e. The van der Waals surface area contributed by atoms with Gasteiger partial charge in [0.05, 0.1) is 10.9 Å². The minimum atomic E-state index is 0.519. The number of halogens is 1. The van der Waals surface area contributed by atoms with Crippen LogP contribution in [0.25, 0.3) is 11.0 Å². The Hall–Kier alpha value is -1.16. The van der Waals surface area contributed by atoms with Crippen LogP contribution in [-0.4, -0.2) is 11.4 Å². The summed E-state index contributed by atoms with van der Waals surface area (Å²) in [6.45, 7) is 0. The molecule has 0 fully saturated rings. The second kappa shape index (κ2) is 2.71. The normalized spacial score (nSPS) is 10.4. The number of nitrogens with zero attached hydrogens (tertiary/aromatic N) is 1. The van der Waals surface area contributed by atoms with Crippen molar-refractivity contribution in [1.29, 1.82) is 0 Å². The van der Waals surface area contributed by atoms with Crippen molar-refractivity contribution in [2.24, 2.45) is 0 Å². The van der Waals surface area contributed by atoms with Crippen molar-refractivity contribution in [2.75, 3.05) is 0 Å². The van der Waals surface area contributed by atoms with Gasteiger partial charge in [0.2, 0.25) is 0 Å². The summed E-state index contributed by atoms with van der Waals surface area (Å²) in [4.78, 5) is 10.5. The maximum Gasteiger partial charge on any atom is 0.178 e. The number of aldehydes is 1. The highest BCUT2D eigenvalue weighted by molar-refractivity contribution is 9.10. The molecule has 0 aliphatic rings. The van der Waals surface area contributed by atoms with Crippen LogP contribution in [0.2, 0.25) is 0 Å². The zero-order chi connectivity index (χ0) is 8.55. The molecule has 1 aromatic heterocycles. The van der Waals surface area contributed by atoms with Gasteiger partial charge < -0.3 is 4.52 Å². The van der Waals surface area contributed by atoms with Crippen LogP contribution >= 0.6 is 15.9 Å². The van der Waals surface area contributed by atoms with E-state index < -0.39 is 0 Å². The van der Waals surface area contributed by atoms with Gasteiger partial charge in [0.25, 0.3) is 0 Å². The minimum absolute atomic E-state index is 0.519. The van der Waals surface area contributed by atoms with Crippen LogP contribution < -0.4 is 0 Å². The number of hydrogen-bond donors (Lipinski definition) is 0. The summed E-state index contributed by atoms with van der Waals surface area (Å²) in [7, 11) is 0. The summed E-state index contributed by atoms with van der Waals surface area (Å²) in [5.41, 5.74) is 1.05. The Kier molecular flexibility index (Phi) is 1.69. The predicted octanol–water partition coefficient (Wildman–Crippen LogP) is 2.40. The maximum atomic E-state index is 10.5. The fraction of sp³-hybridized carbons (Fsp3) is 0. The third-order valence-corrected chi connectivity index (χ3v) is 2.18. The molecule has 12 heavy (non-hydrogen) atoms.